The number of nitrogens with zero attached hydrogens (tertiary/aromatic N) is 5. The Balaban J connectivity index is 1.64. The lowest BCUT2D eigenvalue weighted by Gasteiger charge is -2.33. The largest absolute Gasteiger partial charge is 0.371 e. The van der Waals surface area contributed by atoms with Crippen LogP contribution in [-0.2, 0) is 11.2 Å². The van der Waals surface area contributed by atoms with E-state index in [0.717, 1.165) is 24.7 Å². The van der Waals surface area contributed by atoms with Crippen LogP contribution in [-0.4, -0.2) is 51.8 Å². The number of pyridine rings is 1. The number of anilines is 1. The second-order valence-corrected chi connectivity index (χ2v) is 7.85. The summed E-state index contributed by atoms with van der Waals surface area (Å²) < 4.78 is 14.7. The van der Waals surface area contributed by atoms with Gasteiger partial charge in [-0.1, -0.05) is 0 Å². The Morgan fingerprint density at radius 3 is 2.79 bits per heavy atom. The zero-order chi connectivity index (χ0) is 21.0. The third-order valence-corrected chi connectivity index (χ3v) is 5.48. The Kier molecular flexibility index (Phi) is 6.61. The number of rotatable bonds is 6. The average molecular weight is 401 g/mol. The molecule has 29 heavy (non-hydrogen) atoms. The Bertz CT molecular complexity index is 914. The van der Waals surface area contributed by atoms with Crippen molar-refractivity contribution >= 4 is 11.6 Å². The number of hydrogen-bond donors (Lipinski definition) is 0. The molecule has 1 fully saturated rings. The highest BCUT2D eigenvalue weighted by Crippen LogP contribution is 2.21. The van der Waals surface area contributed by atoms with Crippen molar-refractivity contribution in [2.24, 2.45) is 0 Å². The molecule has 1 aliphatic heterocycles. The third-order valence-electron chi connectivity index (χ3n) is 5.48. The fraction of sp³-hybridized carbons (Fsp3) is 0.524. The predicted octanol–water partition coefficient (Wildman–Crippen LogP) is 2.42. The quantitative estimate of drug-likeness (QED) is 0.743. The smallest absolute Gasteiger partial charge is 0.269 e. The van der Waals surface area contributed by atoms with Crippen molar-refractivity contribution in [2.75, 3.05) is 25.0 Å². The molecule has 3 heterocycles. The summed E-state index contributed by atoms with van der Waals surface area (Å²) in [5.74, 6) is -0.395. The van der Waals surface area contributed by atoms with E-state index in [-0.39, 0.29) is 30.0 Å². The molecule has 0 aliphatic carbocycles. The number of hydrogen-bond acceptors (Lipinski definition) is 5. The molecular formula is C21H28FN5O2. The van der Waals surface area contributed by atoms with Gasteiger partial charge in [-0.15, -0.1) is 0 Å². The molecule has 1 atom stereocenters. The van der Waals surface area contributed by atoms with Crippen molar-refractivity contribution < 1.29 is 9.18 Å². The molecule has 7 nitrogen and oxygen atoms in total. The summed E-state index contributed by atoms with van der Waals surface area (Å²) in [6.07, 6.45) is 6.80. The van der Waals surface area contributed by atoms with Crippen LogP contribution < -0.4 is 10.5 Å². The standard InChI is InChI=1S/C21H28FN5O2/c1-15(2)25(3)19-10-21(29)27(24-13-19)18-5-4-8-26(14-18)20(28)7-6-16-9-17(22)12-23-11-16/h9-13,15,18H,4-8,14H2,1-3H3. The molecule has 0 bridgehead atoms. The lowest BCUT2D eigenvalue weighted by Crippen LogP contribution is -2.43. The van der Waals surface area contributed by atoms with Gasteiger partial charge in [-0.2, -0.15) is 5.10 Å². The highest BCUT2D eigenvalue weighted by Gasteiger charge is 2.26. The van der Waals surface area contributed by atoms with Gasteiger partial charge in [0.05, 0.1) is 24.1 Å². The Morgan fingerprint density at radius 2 is 2.10 bits per heavy atom. The summed E-state index contributed by atoms with van der Waals surface area (Å²) in [4.78, 5) is 32.8. The van der Waals surface area contributed by atoms with Crippen molar-refractivity contribution in [3.8, 4) is 0 Å². The molecule has 3 rings (SSSR count). The number of amides is 1. The van der Waals surface area contributed by atoms with E-state index in [1.54, 1.807) is 23.4 Å². The van der Waals surface area contributed by atoms with Crippen LogP contribution in [0.5, 0.6) is 0 Å². The summed E-state index contributed by atoms with van der Waals surface area (Å²) in [5.41, 5.74) is 1.34. The van der Waals surface area contributed by atoms with Gasteiger partial charge in [0.25, 0.3) is 5.56 Å². The van der Waals surface area contributed by atoms with Crippen molar-refractivity contribution in [1.82, 2.24) is 19.7 Å². The second-order valence-electron chi connectivity index (χ2n) is 7.85. The van der Waals surface area contributed by atoms with E-state index in [1.165, 1.54) is 10.7 Å². The van der Waals surface area contributed by atoms with Gasteiger partial charge in [0.1, 0.15) is 5.82 Å². The molecular weight excluding hydrogens is 373 g/mol. The van der Waals surface area contributed by atoms with Gasteiger partial charge in [0, 0.05) is 44.9 Å². The first kappa shape index (κ1) is 21.0. The minimum atomic E-state index is -0.398. The maximum atomic E-state index is 13.2. The van der Waals surface area contributed by atoms with Crippen LogP contribution in [0.3, 0.4) is 0 Å². The molecule has 2 aromatic rings. The molecule has 2 aromatic heterocycles. The van der Waals surface area contributed by atoms with Crippen molar-refractivity contribution in [3.05, 3.63) is 52.5 Å². The minimum Gasteiger partial charge on any atom is -0.371 e. The molecule has 8 heteroatoms. The first-order valence-corrected chi connectivity index (χ1v) is 10.0. The molecule has 0 radical (unpaired) electrons. The highest BCUT2D eigenvalue weighted by molar-refractivity contribution is 5.76. The molecule has 1 saturated heterocycles. The maximum Gasteiger partial charge on any atom is 0.269 e. The Hall–Kier alpha value is -2.77. The van der Waals surface area contributed by atoms with E-state index in [0.29, 0.717) is 25.1 Å². The van der Waals surface area contributed by atoms with Crippen LogP contribution in [0.4, 0.5) is 10.1 Å². The fourth-order valence-electron chi connectivity index (χ4n) is 3.56. The van der Waals surface area contributed by atoms with Gasteiger partial charge in [0.2, 0.25) is 5.91 Å². The van der Waals surface area contributed by atoms with E-state index < -0.39 is 5.82 Å². The summed E-state index contributed by atoms with van der Waals surface area (Å²) in [7, 11) is 1.93. The van der Waals surface area contributed by atoms with Gasteiger partial charge < -0.3 is 9.80 Å². The number of carbonyl (C=O) groups excluding carboxylic acids is 1. The Labute approximate surface area is 170 Å². The zero-order valence-electron chi connectivity index (χ0n) is 17.2. The average Bonchev–Trinajstić information content (AvgIpc) is 2.71. The van der Waals surface area contributed by atoms with Crippen molar-refractivity contribution in [3.63, 3.8) is 0 Å². The van der Waals surface area contributed by atoms with Crippen LogP contribution in [0.15, 0.2) is 35.5 Å². The van der Waals surface area contributed by atoms with Gasteiger partial charge in [-0.3, -0.25) is 14.6 Å². The van der Waals surface area contributed by atoms with Gasteiger partial charge in [-0.25, -0.2) is 9.07 Å². The molecule has 1 amide bonds. The van der Waals surface area contributed by atoms with Crippen LogP contribution in [0.1, 0.15) is 44.7 Å². The maximum absolute atomic E-state index is 13.2. The molecule has 0 saturated carbocycles. The first-order valence-electron chi connectivity index (χ1n) is 10.0. The zero-order valence-corrected chi connectivity index (χ0v) is 17.2. The highest BCUT2D eigenvalue weighted by atomic mass is 19.1. The normalized spacial score (nSPS) is 16.9. The lowest BCUT2D eigenvalue weighted by atomic mass is 10.0. The summed E-state index contributed by atoms with van der Waals surface area (Å²) in [6, 6.07) is 3.14. The number of likely N-dealkylation sites (tertiary alicyclic amines) is 1. The minimum absolute atomic E-state index is 0.00294. The number of carbonyl (C=O) groups is 1. The summed E-state index contributed by atoms with van der Waals surface area (Å²) >= 11 is 0. The SMILES string of the molecule is CC(C)N(C)c1cnn(C2CCCN(C(=O)CCc3cncc(F)c3)C2)c(=O)c1. The number of aromatic nitrogens is 3. The van der Waals surface area contributed by atoms with Crippen LogP contribution >= 0.6 is 0 Å². The van der Waals surface area contributed by atoms with Gasteiger partial charge in [-0.05, 0) is 44.7 Å². The van der Waals surface area contributed by atoms with Gasteiger partial charge in [0.15, 0.2) is 0 Å². The number of piperidine rings is 1. The first-order chi connectivity index (χ1) is 13.8. The predicted molar refractivity (Wildman–Crippen MR) is 109 cm³/mol. The number of aryl methyl sites for hydroxylation is 1. The lowest BCUT2D eigenvalue weighted by molar-refractivity contribution is -0.132. The topological polar surface area (TPSA) is 71.3 Å². The van der Waals surface area contributed by atoms with E-state index in [1.807, 2.05) is 11.9 Å². The molecule has 0 spiro atoms. The van der Waals surface area contributed by atoms with Crippen molar-refractivity contribution in [1.29, 1.82) is 0 Å². The van der Waals surface area contributed by atoms with E-state index in [9.17, 15) is 14.0 Å². The molecule has 0 N–H and O–H groups in total. The van der Waals surface area contributed by atoms with Crippen LogP contribution in [0.25, 0.3) is 0 Å². The molecule has 0 aromatic carbocycles. The van der Waals surface area contributed by atoms with Crippen LogP contribution in [0, 0.1) is 5.82 Å². The Morgan fingerprint density at radius 1 is 1.31 bits per heavy atom. The van der Waals surface area contributed by atoms with Gasteiger partial charge >= 0.3 is 0 Å². The molecule has 1 aliphatic rings. The van der Waals surface area contributed by atoms with E-state index in [2.05, 4.69) is 23.9 Å². The summed E-state index contributed by atoms with van der Waals surface area (Å²) in [5, 5.41) is 4.38. The number of halogens is 1. The monoisotopic (exact) mass is 401 g/mol. The molecule has 1 unspecified atom stereocenters. The third kappa shape index (κ3) is 5.19. The fourth-order valence-corrected chi connectivity index (χ4v) is 3.56. The van der Waals surface area contributed by atoms with Crippen LogP contribution in [0.2, 0.25) is 0 Å². The molecule has 156 valence electrons. The van der Waals surface area contributed by atoms with E-state index in [4.69, 9.17) is 0 Å². The summed E-state index contributed by atoms with van der Waals surface area (Å²) in [6.45, 7) is 5.23. The van der Waals surface area contributed by atoms with E-state index >= 15 is 0 Å². The second kappa shape index (κ2) is 9.15. The van der Waals surface area contributed by atoms with Crippen molar-refractivity contribution in [2.45, 2.75) is 51.6 Å².